The summed E-state index contributed by atoms with van der Waals surface area (Å²) in [6.45, 7) is 3.12. The zero-order chi connectivity index (χ0) is 17.8. The number of benzene rings is 1. The lowest BCUT2D eigenvalue weighted by atomic mass is 10.1. The van der Waals surface area contributed by atoms with Crippen LogP contribution in [-0.4, -0.2) is 45.5 Å². The van der Waals surface area contributed by atoms with Crippen LogP contribution in [0.3, 0.4) is 0 Å². The highest BCUT2D eigenvalue weighted by Gasteiger charge is 2.27. The molecule has 0 spiro atoms. The summed E-state index contributed by atoms with van der Waals surface area (Å²) in [5.41, 5.74) is 1.68. The minimum Gasteiger partial charge on any atom is -0.380 e. The van der Waals surface area contributed by atoms with Gasteiger partial charge in [-0.3, -0.25) is 4.99 Å². The van der Waals surface area contributed by atoms with Crippen LogP contribution in [0.1, 0.15) is 18.1 Å². The lowest BCUT2D eigenvalue weighted by Gasteiger charge is -2.12. The lowest BCUT2D eigenvalue weighted by Crippen LogP contribution is -2.38. The first-order valence-electron chi connectivity index (χ1n) is 7.69. The minimum atomic E-state index is -4.30. The molecule has 0 amide bonds. The van der Waals surface area contributed by atoms with Gasteiger partial charge in [0, 0.05) is 26.7 Å². The monoisotopic (exact) mass is 347 g/mol. The van der Waals surface area contributed by atoms with Crippen LogP contribution >= 0.6 is 0 Å². The highest BCUT2D eigenvalue weighted by atomic mass is 19.4. The van der Waals surface area contributed by atoms with Crippen molar-refractivity contribution in [3.05, 3.63) is 35.4 Å². The van der Waals surface area contributed by atoms with Crippen LogP contribution in [-0.2, 0) is 22.6 Å². The van der Waals surface area contributed by atoms with Crippen LogP contribution in [0.5, 0.6) is 0 Å². The van der Waals surface area contributed by atoms with E-state index in [4.69, 9.17) is 4.74 Å². The molecule has 136 valence electrons. The van der Waals surface area contributed by atoms with Crippen LogP contribution in [0, 0.1) is 0 Å². The van der Waals surface area contributed by atoms with Gasteiger partial charge in [-0.1, -0.05) is 24.3 Å². The first-order chi connectivity index (χ1) is 11.4. The van der Waals surface area contributed by atoms with Crippen LogP contribution in [0.25, 0.3) is 0 Å². The van der Waals surface area contributed by atoms with Crippen molar-refractivity contribution in [3.63, 3.8) is 0 Å². The predicted octanol–water partition coefficient (Wildman–Crippen LogP) is 2.47. The highest BCUT2D eigenvalue weighted by molar-refractivity contribution is 5.79. The molecule has 1 rings (SSSR count). The topological polar surface area (TPSA) is 54.9 Å². The maximum absolute atomic E-state index is 12.0. The van der Waals surface area contributed by atoms with Gasteiger partial charge in [0.05, 0.1) is 13.2 Å². The molecule has 0 saturated heterocycles. The second-order valence-corrected chi connectivity index (χ2v) is 4.97. The van der Waals surface area contributed by atoms with E-state index in [9.17, 15) is 13.2 Å². The Morgan fingerprint density at radius 1 is 1.08 bits per heavy atom. The molecule has 0 aliphatic carbocycles. The van der Waals surface area contributed by atoms with Gasteiger partial charge in [0.25, 0.3) is 0 Å². The van der Waals surface area contributed by atoms with Gasteiger partial charge in [-0.15, -0.1) is 0 Å². The second-order valence-electron chi connectivity index (χ2n) is 4.97. The average Bonchev–Trinajstić information content (AvgIpc) is 2.54. The zero-order valence-corrected chi connectivity index (χ0v) is 13.9. The Morgan fingerprint density at radius 3 is 2.33 bits per heavy atom. The fraction of sp³-hybridized carbons (Fsp3) is 0.562. The number of hydrogen-bond donors (Lipinski definition) is 2. The normalized spacial score (nSPS) is 12.3. The van der Waals surface area contributed by atoms with E-state index in [-0.39, 0.29) is 6.61 Å². The van der Waals surface area contributed by atoms with E-state index in [0.29, 0.717) is 37.8 Å². The Kier molecular flexibility index (Phi) is 9.18. The molecule has 0 fully saturated rings. The highest BCUT2D eigenvalue weighted by Crippen LogP contribution is 2.15. The van der Waals surface area contributed by atoms with Crippen molar-refractivity contribution in [3.8, 4) is 0 Å². The van der Waals surface area contributed by atoms with Crippen molar-refractivity contribution < 1.29 is 22.6 Å². The van der Waals surface area contributed by atoms with Crippen molar-refractivity contribution >= 4 is 5.96 Å². The quantitative estimate of drug-likeness (QED) is 0.409. The fourth-order valence-corrected chi connectivity index (χ4v) is 1.83. The summed E-state index contributed by atoms with van der Waals surface area (Å²) < 4.78 is 45.9. The molecule has 2 N–H and O–H groups in total. The van der Waals surface area contributed by atoms with Crippen molar-refractivity contribution in [1.82, 2.24) is 10.6 Å². The summed E-state index contributed by atoms with van der Waals surface area (Å²) in [5, 5.41) is 6.26. The molecule has 0 aliphatic heterocycles. The van der Waals surface area contributed by atoms with Crippen LogP contribution < -0.4 is 10.6 Å². The number of rotatable bonds is 9. The number of hydrogen-bond acceptors (Lipinski definition) is 3. The van der Waals surface area contributed by atoms with Crippen molar-refractivity contribution in [1.29, 1.82) is 0 Å². The first-order valence-corrected chi connectivity index (χ1v) is 7.69. The molecular weight excluding hydrogens is 323 g/mol. The number of nitrogens with zero attached hydrogens (tertiary/aromatic N) is 1. The van der Waals surface area contributed by atoms with Gasteiger partial charge < -0.3 is 20.1 Å². The van der Waals surface area contributed by atoms with E-state index >= 15 is 0 Å². The zero-order valence-electron chi connectivity index (χ0n) is 13.9. The van der Waals surface area contributed by atoms with Gasteiger partial charge in [-0.05, 0) is 18.1 Å². The molecule has 0 bridgehead atoms. The van der Waals surface area contributed by atoms with E-state index < -0.39 is 12.8 Å². The smallest absolute Gasteiger partial charge is 0.380 e. The third kappa shape index (κ3) is 9.36. The van der Waals surface area contributed by atoms with E-state index in [1.165, 1.54) is 0 Å². The molecule has 0 saturated carbocycles. The van der Waals surface area contributed by atoms with E-state index in [1.807, 2.05) is 19.1 Å². The molecule has 0 atom stereocenters. The SMILES string of the molecule is CCOCCNC(=NC)NCc1ccc(COCC(F)(F)F)cc1. The van der Waals surface area contributed by atoms with Crippen molar-refractivity contribution in [2.24, 2.45) is 4.99 Å². The number of guanidine groups is 1. The number of ether oxygens (including phenoxy) is 2. The lowest BCUT2D eigenvalue weighted by molar-refractivity contribution is -0.176. The molecule has 0 aromatic heterocycles. The predicted molar refractivity (Wildman–Crippen MR) is 86.8 cm³/mol. The van der Waals surface area contributed by atoms with Gasteiger partial charge in [0.2, 0.25) is 0 Å². The summed E-state index contributed by atoms with van der Waals surface area (Å²) in [5.74, 6) is 0.660. The van der Waals surface area contributed by atoms with Crippen LogP contribution in [0.15, 0.2) is 29.3 Å². The van der Waals surface area contributed by atoms with E-state index in [0.717, 1.165) is 5.56 Å². The van der Waals surface area contributed by atoms with E-state index in [1.54, 1.807) is 19.2 Å². The number of aliphatic imine (C=N–C) groups is 1. The third-order valence-electron chi connectivity index (χ3n) is 2.98. The van der Waals surface area contributed by atoms with E-state index in [2.05, 4.69) is 20.4 Å². The number of nitrogens with one attached hydrogen (secondary N) is 2. The minimum absolute atomic E-state index is 0.0616. The largest absolute Gasteiger partial charge is 0.411 e. The summed E-state index contributed by atoms with van der Waals surface area (Å²) in [6, 6.07) is 7.18. The molecule has 0 aliphatic rings. The third-order valence-corrected chi connectivity index (χ3v) is 2.98. The molecular formula is C16H24F3N3O2. The maximum atomic E-state index is 12.0. The molecule has 0 heterocycles. The van der Waals surface area contributed by atoms with Crippen LogP contribution in [0.4, 0.5) is 13.2 Å². The van der Waals surface area contributed by atoms with Crippen molar-refractivity contribution in [2.75, 3.05) is 33.4 Å². The van der Waals surface area contributed by atoms with Gasteiger partial charge in [-0.2, -0.15) is 13.2 Å². The second kappa shape index (κ2) is 10.9. The Balaban J connectivity index is 2.32. The van der Waals surface area contributed by atoms with Crippen LogP contribution in [0.2, 0.25) is 0 Å². The molecule has 1 aromatic rings. The number of alkyl halides is 3. The summed E-state index contributed by atoms with van der Waals surface area (Å²) in [7, 11) is 1.68. The van der Waals surface area contributed by atoms with Gasteiger partial charge in [0.1, 0.15) is 6.61 Å². The Hall–Kier alpha value is -1.80. The summed E-state index contributed by atoms with van der Waals surface area (Å²) in [6.07, 6.45) is -4.30. The maximum Gasteiger partial charge on any atom is 0.411 e. The molecule has 8 heteroatoms. The standard InChI is InChI=1S/C16H24F3N3O2/c1-3-23-9-8-21-15(20-2)22-10-13-4-6-14(7-5-13)11-24-12-16(17,18)19/h4-7H,3,8-12H2,1-2H3,(H2,20,21,22). The summed E-state index contributed by atoms with van der Waals surface area (Å²) in [4.78, 5) is 4.09. The Morgan fingerprint density at radius 2 is 1.75 bits per heavy atom. The molecule has 5 nitrogen and oxygen atoms in total. The Labute approximate surface area is 140 Å². The van der Waals surface area contributed by atoms with Gasteiger partial charge in [-0.25, -0.2) is 0 Å². The molecule has 0 unspecified atom stereocenters. The fourth-order valence-electron chi connectivity index (χ4n) is 1.83. The number of halogens is 3. The molecule has 1 aromatic carbocycles. The van der Waals surface area contributed by atoms with Gasteiger partial charge >= 0.3 is 6.18 Å². The molecule has 24 heavy (non-hydrogen) atoms. The average molecular weight is 347 g/mol. The van der Waals surface area contributed by atoms with Gasteiger partial charge in [0.15, 0.2) is 5.96 Å². The van der Waals surface area contributed by atoms with Crippen molar-refractivity contribution in [2.45, 2.75) is 26.3 Å². The first kappa shape index (κ1) is 20.2. The summed E-state index contributed by atoms with van der Waals surface area (Å²) >= 11 is 0. The molecule has 0 radical (unpaired) electrons. The Bertz CT molecular complexity index is 490.